The average Bonchev–Trinajstić information content (AvgIpc) is 3.52. The Morgan fingerprint density at radius 2 is 1.25 bits per heavy atom. The molecule has 72 heavy (non-hydrogen) atoms. The summed E-state index contributed by atoms with van der Waals surface area (Å²) >= 11 is 0. The molecule has 7 rings (SSSR count). The van der Waals surface area contributed by atoms with Crippen molar-refractivity contribution in [3.63, 3.8) is 0 Å². The molecule has 0 bridgehead atoms. The van der Waals surface area contributed by atoms with Crippen LogP contribution in [0.1, 0.15) is 194 Å². The molecule has 6 aliphatic rings. The molecule has 13 nitrogen and oxygen atoms in total. The number of carbonyl (C=O) groups excluding carboxylic acids is 5. The molecule has 2 unspecified atom stereocenters. The molecule has 1 aromatic rings. The fourth-order valence-electron chi connectivity index (χ4n) is 13.6. The number of Topliss-reactive ketones (excluding diaryl/α,β-unsaturated/α-hetero) is 1. The van der Waals surface area contributed by atoms with Gasteiger partial charge in [0, 0.05) is 94.3 Å². The number of hydrogen-bond donors (Lipinski definition) is 3. The molecule has 3 heterocycles. The molecule has 1 aromatic carbocycles. The van der Waals surface area contributed by atoms with Gasteiger partial charge in [-0.25, -0.2) is 4.99 Å². The number of esters is 2. The maximum atomic E-state index is 15.0. The number of rotatable bonds is 12. The number of allylic oxidation sites excluding steroid dienone is 6. The third-order valence-electron chi connectivity index (χ3n) is 16.6. The number of amides is 2. The van der Waals surface area contributed by atoms with Crippen molar-refractivity contribution in [2.24, 2.45) is 21.2 Å². The van der Waals surface area contributed by atoms with E-state index in [1.54, 1.807) is 0 Å². The lowest BCUT2D eigenvalue weighted by molar-refractivity contribution is -0.156. The van der Waals surface area contributed by atoms with Gasteiger partial charge in [-0.05, 0) is 135 Å². The number of ketones is 1. The van der Waals surface area contributed by atoms with Crippen molar-refractivity contribution in [1.29, 1.82) is 0 Å². The van der Waals surface area contributed by atoms with E-state index in [0.29, 0.717) is 29.7 Å². The monoisotopic (exact) mass is 992 g/mol. The van der Waals surface area contributed by atoms with Gasteiger partial charge in [-0.2, -0.15) is 0 Å². The van der Waals surface area contributed by atoms with Gasteiger partial charge in [-0.1, -0.05) is 55.4 Å². The zero-order valence-electron chi connectivity index (χ0n) is 46.8. The number of likely N-dealkylation sites (tertiary alicyclic amines) is 1. The van der Waals surface area contributed by atoms with Crippen molar-refractivity contribution < 1.29 is 38.6 Å². The zero-order chi connectivity index (χ0) is 53.6. The normalized spacial score (nSPS) is 26.6. The van der Waals surface area contributed by atoms with E-state index in [9.17, 15) is 29.1 Å². The Kier molecular flexibility index (Phi) is 14.5. The molecule has 2 amide bonds. The largest absolute Gasteiger partial charge is 0.506 e. The van der Waals surface area contributed by atoms with Crippen molar-refractivity contribution in [1.82, 2.24) is 10.2 Å². The molecule has 394 valence electrons. The number of nitrogens with one attached hydrogen (secondary N) is 2. The Morgan fingerprint density at radius 3 is 1.79 bits per heavy atom. The molecule has 3 fully saturated rings. The molecular formula is C59H85N5O8. The number of nitrogens with zero attached hydrogens (tertiary/aromatic N) is 3. The van der Waals surface area contributed by atoms with Crippen LogP contribution in [-0.2, 0) is 38.9 Å². The average molecular weight is 992 g/mol. The molecule has 3 N–H and O–H groups in total. The van der Waals surface area contributed by atoms with Crippen LogP contribution in [0.15, 0.2) is 57.5 Å². The number of piperidine rings is 1. The van der Waals surface area contributed by atoms with Gasteiger partial charge in [0.15, 0.2) is 0 Å². The number of anilines is 2. The number of fused-ring (bicyclic) bond motifs is 2. The highest BCUT2D eigenvalue weighted by Gasteiger charge is 2.50. The summed E-state index contributed by atoms with van der Waals surface area (Å²) in [5.41, 5.74) is 3.86. The van der Waals surface area contributed by atoms with Crippen LogP contribution in [0.25, 0.3) is 5.57 Å². The van der Waals surface area contributed by atoms with Gasteiger partial charge in [0.2, 0.25) is 17.6 Å². The Balaban J connectivity index is 1.23. The van der Waals surface area contributed by atoms with Gasteiger partial charge in [0.05, 0.1) is 35.4 Å². The van der Waals surface area contributed by atoms with Crippen molar-refractivity contribution in [2.75, 3.05) is 10.2 Å². The van der Waals surface area contributed by atoms with Gasteiger partial charge in [0.1, 0.15) is 18.0 Å². The maximum absolute atomic E-state index is 15.0. The van der Waals surface area contributed by atoms with Gasteiger partial charge in [0.25, 0.3) is 0 Å². The predicted octanol–water partition coefficient (Wildman–Crippen LogP) is 11.2. The molecule has 0 aromatic heterocycles. The van der Waals surface area contributed by atoms with Crippen LogP contribution < -0.4 is 15.5 Å². The minimum atomic E-state index is -0.545. The van der Waals surface area contributed by atoms with Crippen molar-refractivity contribution >= 4 is 52.2 Å². The summed E-state index contributed by atoms with van der Waals surface area (Å²) in [6.45, 7) is 38.5. The molecule has 3 aliphatic carbocycles. The van der Waals surface area contributed by atoms with Gasteiger partial charge >= 0.3 is 11.9 Å². The second kappa shape index (κ2) is 19.0. The Morgan fingerprint density at radius 1 is 0.722 bits per heavy atom. The molecule has 3 aliphatic heterocycles. The van der Waals surface area contributed by atoms with E-state index in [0.717, 1.165) is 41.8 Å². The van der Waals surface area contributed by atoms with Gasteiger partial charge in [-0.15, -0.1) is 0 Å². The van der Waals surface area contributed by atoms with E-state index < -0.39 is 29.5 Å². The quantitative estimate of drug-likeness (QED) is 0.135. The highest BCUT2D eigenvalue weighted by atomic mass is 16.5. The number of aliphatic hydroxyl groups is 1. The third-order valence-corrected chi connectivity index (χ3v) is 16.6. The van der Waals surface area contributed by atoms with Crippen LogP contribution in [0.4, 0.5) is 11.4 Å². The number of hydrogen-bond acceptors (Lipinski definition) is 11. The number of carbonyl (C=O) groups is 5. The van der Waals surface area contributed by atoms with Gasteiger partial charge in [-0.3, -0.25) is 24.0 Å². The lowest BCUT2D eigenvalue weighted by Gasteiger charge is -2.45. The van der Waals surface area contributed by atoms with E-state index in [2.05, 4.69) is 150 Å². The lowest BCUT2D eigenvalue weighted by atomic mass is 9.64. The summed E-state index contributed by atoms with van der Waals surface area (Å²) in [6, 6.07) is 4.12. The van der Waals surface area contributed by atoms with Crippen molar-refractivity contribution in [3.8, 4) is 0 Å². The maximum Gasteiger partial charge on any atom is 0.306 e. The van der Waals surface area contributed by atoms with E-state index >= 15 is 0 Å². The van der Waals surface area contributed by atoms with Crippen molar-refractivity contribution in [3.05, 3.63) is 63.6 Å². The summed E-state index contributed by atoms with van der Waals surface area (Å²) in [4.78, 5) is 78.5. The third kappa shape index (κ3) is 10.8. The topological polar surface area (TPSA) is 167 Å². The molecule has 1 saturated carbocycles. The van der Waals surface area contributed by atoms with E-state index in [-0.39, 0.29) is 117 Å². The molecular weight excluding hydrogens is 907 g/mol. The van der Waals surface area contributed by atoms with E-state index in [4.69, 9.17) is 9.47 Å². The number of aliphatic imine (C=N–C) groups is 1. The van der Waals surface area contributed by atoms with Crippen LogP contribution in [0.2, 0.25) is 0 Å². The summed E-state index contributed by atoms with van der Waals surface area (Å²) in [5.74, 6) is -2.61. The van der Waals surface area contributed by atoms with Crippen molar-refractivity contribution in [2.45, 2.75) is 235 Å². The van der Waals surface area contributed by atoms with Crippen LogP contribution in [-0.4, -0.2) is 92.7 Å². The van der Waals surface area contributed by atoms with Crippen LogP contribution >= 0.6 is 0 Å². The standard InChI is InChI=1S/C59H85N5O8/c1-32(2)63-34(5)58(15,16)40-23-38(42(25-44(40)63)60-46(65)19-21-48(67)71-36-27-54(7,8)31-55(9,10)28-36)50-52(69)51(53(50)70)39-24-41-45(64(33(3)4)35(6)59(41,17)18)26-43(39)61-47(66)20-22-49(68)72-37-29-56(11,12)62-57(13,14)30-37/h23-26,32-37,62,69H,19-22,27-31H2,1-18H3,(H,61,66). The molecule has 0 spiro atoms. The predicted molar refractivity (Wildman–Crippen MR) is 286 cm³/mol. The Labute approximate surface area is 429 Å². The second-order valence-electron chi connectivity index (χ2n) is 26.5. The molecule has 2 atom stereocenters. The fraction of sp³-hybridized carbons (Fsp3) is 0.661. The van der Waals surface area contributed by atoms with Crippen LogP contribution in [0, 0.1) is 16.2 Å². The van der Waals surface area contributed by atoms with Crippen LogP contribution in [0.3, 0.4) is 0 Å². The summed E-state index contributed by atoms with van der Waals surface area (Å²) in [7, 11) is 0. The first-order valence-corrected chi connectivity index (χ1v) is 26.6. The number of aliphatic hydroxyl groups excluding tert-OH is 1. The Hall–Kier alpha value is -5.04. The van der Waals surface area contributed by atoms with Gasteiger partial charge < -0.3 is 35.0 Å². The lowest BCUT2D eigenvalue weighted by Crippen LogP contribution is -2.59. The first-order chi connectivity index (χ1) is 33.0. The molecule has 2 saturated heterocycles. The fourth-order valence-corrected chi connectivity index (χ4v) is 13.6. The Bertz CT molecular complexity index is 2570. The minimum absolute atomic E-state index is 0.0220. The summed E-state index contributed by atoms with van der Waals surface area (Å²) in [5, 5.41) is 19.0. The smallest absolute Gasteiger partial charge is 0.306 e. The highest BCUT2D eigenvalue weighted by molar-refractivity contribution is 6.42. The minimum Gasteiger partial charge on any atom is -0.506 e. The number of benzene rings is 1. The zero-order valence-corrected chi connectivity index (χ0v) is 46.8. The first kappa shape index (κ1) is 54.7. The summed E-state index contributed by atoms with van der Waals surface area (Å²) in [6.07, 6.45) is 6.45. The molecule has 0 radical (unpaired) electrons. The van der Waals surface area contributed by atoms with E-state index in [1.807, 2.05) is 24.3 Å². The SMILES string of the molecule is CC(C)N1C2=CC(=NC(=O)CCC(=O)OC3CC(C)(C)CC(C)(C)C3)C(=C3C(=O)C(c4cc5c(cc4NC(=O)CCC(=O)OC4CC(C)(C)NC(C)(C)C4)N(C(C)C)C(C)C5(C)C)=C3O)C=C2C(C)(C)C1C. The number of ether oxygens (including phenoxy) is 2. The molecule has 13 heteroatoms. The van der Waals surface area contributed by atoms with Crippen LogP contribution in [0.5, 0.6) is 0 Å². The van der Waals surface area contributed by atoms with E-state index in [1.165, 1.54) is 0 Å². The second-order valence-corrected chi connectivity index (χ2v) is 26.5. The first-order valence-electron chi connectivity index (χ1n) is 26.6. The highest BCUT2D eigenvalue weighted by Crippen LogP contribution is 2.54. The summed E-state index contributed by atoms with van der Waals surface area (Å²) < 4.78 is 11.9.